The van der Waals surface area contributed by atoms with Crippen LogP contribution in [-0.4, -0.2) is 61.7 Å². The summed E-state index contributed by atoms with van der Waals surface area (Å²) in [6.07, 6.45) is -3.47. The molecule has 190 valence electrons. The van der Waals surface area contributed by atoms with E-state index in [-0.39, 0.29) is 22.7 Å². The van der Waals surface area contributed by atoms with E-state index in [1.165, 1.54) is 12.1 Å². The number of halogens is 3. The Morgan fingerprint density at radius 1 is 1.14 bits per heavy atom. The molecular formula is C24H27F3N2O4S2. The lowest BCUT2D eigenvalue weighted by atomic mass is 10.1. The van der Waals surface area contributed by atoms with Crippen molar-refractivity contribution < 1.29 is 31.1 Å². The largest absolute Gasteiger partial charge is 0.497 e. The second-order valence-corrected chi connectivity index (χ2v) is 12.5. The number of alkyl halides is 3. The first kappa shape index (κ1) is 25.8. The van der Waals surface area contributed by atoms with Crippen LogP contribution in [0, 0.1) is 0 Å². The van der Waals surface area contributed by atoms with E-state index < -0.39 is 33.7 Å². The normalized spacial score (nSPS) is 24.4. The van der Waals surface area contributed by atoms with Crippen molar-refractivity contribution in [2.75, 3.05) is 25.2 Å². The maximum Gasteiger partial charge on any atom is 0.416 e. The van der Waals surface area contributed by atoms with Gasteiger partial charge in [0, 0.05) is 29.3 Å². The van der Waals surface area contributed by atoms with Crippen LogP contribution < -0.4 is 10.1 Å². The molecule has 11 heteroatoms. The van der Waals surface area contributed by atoms with E-state index in [1.807, 2.05) is 29.2 Å². The van der Waals surface area contributed by atoms with Crippen molar-refractivity contribution in [2.45, 2.75) is 47.8 Å². The monoisotopic (exact) mass is 528 g/mol. The highest BCUT2D eigenvalue weighted by Gasteiger charge is 2.39. The molecule has 0 aromatic heterocycles. The average Bonchev–Trinajstić information content (AvgIpc) is 3.35. The number of methoxy groups -OCH3 is 1. The van der Waals surface area contributed by atoms with Gasteiger partial charge in [0.25, 0.3) is 0 Å². The van der Waals surface area contributed by atoms with Crippen molar-refractivity contribution >= 4 is 27.5 Å². The number of thioether (sulfide) groups is 1. The Labute approximate surface area is 207 Å². The number of rotatable bonds is 7. The Morgan fingerprint density at radius 2 is 1.83 bits per heavy atom. The van der Waals surface area contributed by atoms with Crippen molar-refractivity contribution in [1.82, 2.24) is 10.2 Å². The van der Waals surface area contributed by atoms with Gasteiger partial charge in [-0.25, -0.2) is 8.42 Å². The summed E-state index contributed by atoms with van der Waals surface area (Å²) in [5.74, 6) is 0.507. The molecule has 2 aromatic rings. The summed E-state index contributed by atoms with van der Waals surface area (Å²) in [6.45, 7) is 0.887. The molecule has 2 aromatic carbocycles. The first-order valence-electron chi connectivity index (χ1n) is 11.2. The number of benzene rings is 2. The van der Waals surface area contributed by atoms with Crippen LogP contribution in [0.5, 0.6) is 5.75 Å². The van der Waals surface area contributed by atoms with Gasteiger partial charge >= 0.3 is 6.18 Å². The van der Waals surface area contributed by atoms with E-state index >= 15 is 0 Å². The quantitative estimate of drug-likeness (QED) is 0.590. The zero-order valence-corrected chi connectivity index (χ0v) is 20.8. The third-order valence-electron chi connectivity index (χ3n) is 6.28. The Hall–Kier alpha value is -2.24. The number of carbonyl (C=O) groups is 1. The molecule has 1 N–H and O–H groups in total. The van der Waals surface area contributed by atoms with Crippen LogP contribution in [0.25, 0.3) is 0 Å². The number of carbonyl (C=O) groups excluding carboxylic acids is 1. The van der Waals surface area contributed by atoms with Gasteiger partial charge < -0.3 is 10.1 Å². The molecule has 2 fully saturated rings. The number of likely N-dealkylation sites (tertiary alicyclic amines) is 1. The summed E-state index contributed by atoms with van der Waals surface area (Å²) in [5, 5.41) is 2.97. The summed E-state index contributed by atoms with van der Waals surface area (Å²) in [6, 6.07) is 11.7. The minimum atomic E-state index is -4.41. The molecule has 0 unspecified atom stereocenters. The standard InChI is InChI=1S/C24H27F3N2O4S2/c1-33-19-6-8-20(9-7-19)34-21-12-22(23(30)28-18-10-11-35(31,32)15-18)29(14-21)13-16-2-4-17(5-3-16)24(25,26)27/h2-9,18,21-22H,10-15H2,1H3,(H,28,30)/t18-,21-,22+/m1/s1. The lowest BCUT2D eigenvalue weighted by molar-refractivity contribution is -0.137. The van der Waals surface area contributed by atoms with Gasteiger partial charge in [0.1, 0.15) is 5.75 Å². The molecule has 2 aliphatic heterocycles. The summed E-state index contributed by atoms with van der Waals surface area (Å²) in [7, 11) is -1.54. The molecule has 3 atom stereocenters. The number of ether oxygens (including phenoxy) is 1. The van der Waals surface area contributed by atoms with Crippen LogP contribution in [0.2, 0.25) is 0 Å². The predicted octanol–water partition coefficient (Wildman–Crippen LogP) is 3.75. The molecule has 2 heterocycles. The number of hydrogen-bond donors (Lipinski definition) is 1. The molecule has 1 amide bonds. The highest BCUT2D eigenvalue weighted by molar-refractivity contribution is 8.00. The van der Waals surface area contributed by atoms with Gasteiger partial charge in [-0.05, 0) is 54.8 Å². The van der Waals surface area contributed by atoms with Crippen LogP contribution in [-0.2, 0) is 27.4 Å². The topological polar surface area (TPSA) is 75.7 Å². The fraction of sp³-hybridized carbons (Fsp3) is 0.458. The van der Waals surface area contributed by atoms with Gasteiger partial charge in [-0.1, -0.05) is 12.1 Å². The van der Waals surface area contributed by atoms with Crippen molar-refractivity contribution in [3.05, 3.63) is 59.7 Å². The van der Waals surface area contributed by atoms with Crippen LogP contribution in [0.15, 0.2) is 53.4 Å². The predicted molar refractivity (Wildman–Crippen MR) is 128 cm³/mol. The molecule has 0 saturated carbocycles. The number of amides is 1. The smallest absolute Gasteiger partial charge is 0.416 e. The lowest BCUT2D eigenvalue weighted by Crippen LogP contribution is -2.47. The van der Waals surface area contributed by atoms with Crippen LogP contribution in [0.4, 0.5) is 13.2 Å². The van der Waals surface area contributed by atoms with E-state index in [4.69, 9.17) is 4.74 Å². The van der Waals surface area contributed by atoms with Gasteiger partial charge in [-0.2, -0.15) is 13.2 Å². The Balaban J connectivity index is 1.47. The molecule has 2 aliphatic rings. The Bertz CT molecular complexity index is 1140. The van der Waals surface area contributed by atoms with Crippen molar-refractivity contribution in [3.63, 3.8) is 0 Å². The van der Waals surface area contributed by atoms with Gasteiger partial charge in [0.2, 0.25) is 5.91 Å². The number of nitrogens with one attached hydrogen (secondary N) is 1. The summed E-state index contributed by atoms with van der Waals surface area (Å²) in [5.41, 5.74) is -0.0401. The van der Waals surface area contributed by atoms with E-state index in [9.17, 15) is 26.4 Å². The highest BCUT2D eigenvalue weighted by atomic mass is 32.2. The van der Waals surface area contributed by atoms with E-state index in [1.54, 1.807) is 18.9 Å². The molecule has 4 rings (SSSR count). The Morgan fingerprint density at radius 3 is 2.40 bits per heavy atom. The van der Waals surface area contributed by atoms with E-state index in [2.05, 4.69) is 5.32 Å². The molecule has 0 radical (unpaired) electrons. The molecular weight excluding hydrogens is 501 g/mol. The maximum absolute atomic E-state index is 13.2. The fourth-order valence-corrected chi connectivity index (χ4v) is 7.38. The SMILES string of the molecule is COc1ccc(S[C@@H]2C[C@@H](C(=O)N[C@@H]3CCS(=O)(=O)C3)N(Cc3ccc(C(F)(F)F)cc3)C2)cc1. The Kier molecular flexibility index (Phi) is 7.68. The minimum Gasteiger partial charge on any atom is -0.497 e. The van der Waals surface area contributed by atoms with Gasteiger partial charge in [0.15, 0.2) is 9.84 Å². The average molecular weight is 529 g/mol. The number of nitrogens with zero attached hydrogens (tertiary/aromatic N) is 1. The zero-order valence-electron chi connectivity index (χ0n) is 19.1. The first-order chi connectivity index (χ1) is 16.5. The molecule has 2 saturated heterocycles. The van der Waals surface area contributed by atoms with Crippen LogP contribution >= 0.6 is 11.8 Å². The third-order valence-corrected chi connectivity index (χ3v) is 9.26. The first-order valence-corrected chi connectivity index (χ1v) is 13.9. The van der Waals surface area contributed by atoms with E-state index in [0.29, 0.717) is 31.5 Å². The second-order valence-electron chi connectivity index (χ2n) is 8.90. The minimum absolute atomic E-state index is 0.0611. The molecule has 6 nitrogen and oxygen atoms in total. The summed E-state index contributed by atoms with van der Waals surface area (Å²) < 4.78 is 67.6. The lowest BCUT2D eigenvalue weighted by Gasteiger charge is -2.25. The van der Waals surface area contributed by atoms with Gasteiger partial charge in [-0.3, -0.25) is 9.69 Å². The second kappa shape index (κ2) is 10.4. The molecule has 0 bridgehead atoms. The van der Waals surface area contributed by atoms with Crippen molar-refractivity contribution in [3.8, 4) is 5.75 Å². The van der Waals surface area contributed by atoms with Crippen LogP contribution in [0.3, 0.4) is 0 Å². The highest BCUT2D eigenvalue weighted by Crippen LogP contribution is 2.35. The van der Waals surface area contributed by atoms with E-state index in [0.717, 1.165) is 22.8 Å². The molecule has 0 aliphatic carbocycles. The number of hydrogen-bond acceptors (Lipinski definition) is 6. The molecule has 0 spiro atoms. The zero-order chi connectivity index (χ0) is 25.2. The van der Waals surface area contributed by atoms with Crippen LogP contribution in [0.1, 0.15) is 24.0 Å². The van der Waals surface area contributed by atoms with Gasteiger partial charge in [-0.15, -0.1) is 11.8 Å². The number of sulfone groups is 1. The fourth-order valence-electron chi connectivity index (χ4n) is 4.48. The third kappa shape index (κ3) is 6.71. The van der Waals surface area contributed by atoms with Gasteiger partial charge in [0.05, 0.1) is 30.2 Å². The summed E-state index contributed by atoms with van der Waals surface area (Å²) >= 11 is 1.63. The van der Waals surface area contributed by atoms with Crippen molar-refractivity contribution in [1.29, 1.82) is 0 Å². The molecule has 35 heavy (non-hydrogen) atoms. The summed E-state index contributed by atoms with van der Waals surface area (Å²) in [4.78, 5) is 16.1. The van der Waals surface area contributed by atoms with Crippen molar-refractivity contribution in [2.24, 2.45) is 0 Å². The maximum atomic E-state index is 13.2.